The Bertz CT molecular complexity index is 109. The first-order chi connectivity index (χ1) is 4.72. The van der Waals surface area contributed by atoms with Gasteiger partial charge in [-0.3, -0.25) is 4.79 Å². The van der Waals surface area contributed by atoms with Crippen LogP contribution >= 0.6 is 12.0 Å². The van der Waals surface area contributed by atoms with Gasteiger partial charge in [0.1, 0.15) is 6.04 Å². The topological polar surface area (TPSA) is 72.5 Å². The minimum absolute atomic E-state index is 0.179. The average Bonchev–Trinajstić information content (AvgIpc) is 1.89. The summed E-state index contributed by atoms with van der Waals surface area (Å²) in [4.78, 5) is 10.7. The van der Waals surface area contributed by atoms with Crippen molar-refractivity contribution in [3.05, 3.63) is 0 Å². The minimum Gasteiger partial charge on any atom is -0.465 e. The molecule has 0 bridgehead atoms. The van der Waals surface area contributed by atoms with E-state index in [0.717, 1.165) is 0 Å². The number of rotatable bonds is 4. The summed E-state index contributed by atoms with van der Waals surface area (Å²) in [6.07, 6.45) is 0. The molecule has 0 saturated heterocycles. The molecule has 0 rings (SSSR count). The molecule has 60 valence electrons. The number of esters is 1. The van der Waals surface area contributed by atoms with Crippen molar-refractivity contribution in [3.8, 4) is 0 Å². The van der Waals surface area contributed by atoms with Gasteiger partial charge in [0.2, 0.25) is 0 Å². The van der Waals surface area contributed by atoms with Crippen LogP contribution in [0.4, 0.5) is 0 Å². The highest BCUT2D eigenvalue weighted by molar-refractivity contribution is 7.93. The third-order valence-corrected chi connectivity index (χ3v) is 1.35. The lowest BCUT2D eigenvalue weighted by molar-refractivity contribution is -0.144. The lowest BCUT2D eigenvalue weighted by atomic mass is 10.4. The van der Waals surface area contributed by atoms with Crippen LogP contribution in [0.1, 0.15) is 6.92 Å². The molecule has 0 heterocycles. The van der Waals surface area contributed by atoms with Crippen molar-refractivity contribution in [2.45, 2.75) is 13.0 Å². The van der Waals surface area contributed by atoms with E-state index in [9.17, 15) is 4.79 Å². The number of ether oxygens (including phenoxy) is 1. The Hall–Kier alpha value is -0.260. The third-order valence-electron chi connectivity index (χ3n) is 0.843. The van der Waals surface area contributed by atoms with Crippen LogP contribution in [0.5, 0.6) is 0 Å². The molecule has 0 saturated carbocycles. The molecule has 0 aromatic heterocycles. The molecule has 5 heteroatoms. The lowest BCUT2D eigenvalue weighted by Gasteiger charge is -2.06. The number of carbonyl (C=O) groups excluding carboxylic acids is 1. The maximum atomic E-state index is 10.7. The zero-order valence-corrected chi connectivity index (χ0v) is 6.56. The van der Waals surface area contributed by atoms with Crippen molar-refractivity contribution in [1.82, 2.24) is 0 Å². The lowest BCUT2D eigenvalue weighted by Crippen LogP contribution is -2.34. The molecule has 0 aliphatic heterocycles. The first kappa shape index (κ1) is 9.74. The first-order valence-corrected chi connectivity index (χ1v) is 3.85. The molecule has 0 fully saturated rings. The second kappa shape index (κ2) is 5.52. The Morgan fingerprint density at radius 1 is 1.90 bits per heavy atom. The summed E-state index contributed by atoms with van der Waals surface area (Å²) < 4.78 is 12.9. The molecule has 0 aromatic rings. The molecule has 0 spiro atoms. The fourth-order valence-corrected chi connectivity index (χ4v) is 0.694. The van der Waals surface area contributed by atoms with E-state index in [-0.39, 0.29) is 5.75 Å². The van der Waals surface area contributed by atoms with Crippen LogP contribution in [0.25, 0.3) is 0 Å². The maximum Gasteiger partial charge on any atom is 0.323 e. The van der Waals surface area contributed by atoms with Crippen molar-refractivity contribution in [3.63, 3.8) is 0 Å². The summed E-state index contributed by atoms with van der Waals surface area (Å²) in [6.45, 7) is 2.03. The second-order valence-electron chi connectivity index (χ2n) is 1.65. The molecule has 0 aliphatic carbocycles. The number of hydrogen-bond donors (Lipinski definition) is 2. The highest BCUT2D eigenvalue weighted by Crippen LogP contribution is 1.95. The van der Waals surface area contributed by atoms with Crippen molar-refractivity contribution < 1.29 is 14.1 Å². The summed E-state index contributed by atoms with van der Waals surface area (Å²) >= 11 is 0.538. The largest absolute Gasteiger partial charge is 0.465 e. The Labute approximate surface area is 63.9 Å². The minimum atomic E-state index is -0.713. The Morgan fingerprint density at radius 2 is 2.50 bits per heavy atom. The van der Waals surface area contributed by atoms with Gasteiger partial charge in [0, 0.05) is 5.75 Å². The Morgan fingerprint density at radius 3 is 2.90 bits per heavy atom. The van der Waals surface area contributed by atoms with E-state index in [0.29, 0.717) is 18.6 Å². The molecule has 0 radical (unpaired) electrons. The summed E-state index contributed by atoms with van der Waals surface area (Å²) in [6, 6.07) is -0.713. The summed E-state index contributed by atoms with van der Waals surface area (Å²) in [5, 5.41) is 0. The molecule has 3 N–H and O–H groups in total. The van der Waals surface area contributed by atoms with Crippen molar-refractivity contribution in [1.29, 1.82) is 0 Å². The quantitative estimate of drug-likeness (QED) is 0.456. The second-order valence-corrected chi connectivity index (χ2v) is 2.25. The molecular formula is C5H11NO3S. The summed E-state index contributed by atoms with van der Waals surface area (Å²) in [7, 11) is 0. The molecule has 0 amide bonds. The van der Waals surface area contributed by atoms with Crippen molar-refractivity contribution in [2.75, 3.05) is 12.4 Å². The van der Waals surface area contributed by atoms with E-state index in [1.807, 2.05) is 0 Å². The predicted molar refractivity (Wildman–Crippen MR) is 39.7 cm³/mol. The van der Waals surface area contributed by atoms with Gasteiger partial charge in [-0.1, -0.05) is 0 Å². The average molecular weight is 165 g/mol. The highest BCUT2D eigenvalue weighted by Gasteiger charge is 2.13. The van der Waals surface area contributed by atoms with Gasteiger partial charge >= 0.3 is 5.97 Å². The van der Waals surface area contributed by atoms with E-state index in [1.54, 1.807) is 6.92 Å². The van der Waals surface area contributed by atoms with E-state index < -0.39 is 12.0 Å². The van der Waals surface area contributed by atoms with Gasteiger partial charge in [0.15, 0.2) is 0 Å². The summed E-state index contributed by atoms with van der Waals surface area (Å²) in [5.74, 6) is -0.289. The monoisotopic (exact) mass is 165 g/mol. The number of carbonyl (C=O) groups is 1. The van der Waals surface area contributed by atoms with Crippen LogP contribution < -0.4 is 5.73 Å². The fourth-order valence-electron chi connectivity index (χ4n) is 0.398. The first-order valence-electron chi connectivity index (χ1n) is 2.91. The van der Waals surface area contributed by atoms with Gasteiger partial charge in [-0.05, 0) is 19.0 Å². The standard InChI is InChI=1S/C5H11NO3S/c1-2-9-5(7)4(6)3-10-8/h4,8H,2-3,6H2,1H3. The summed E-state index contributed by atoms with van der Waals surface area (Å²) in [5.41, 5.74) is 5.26. The molecule has 10 heavy (non-hydrogen) atoms. The van der Waals surface area contributed by atoms with Crippen molar-refractivity contribution >= 4 is 18.0 Å². The predicted octanol–water partition coefficient (Wildman–Crippen LogP) is 0.0830. The van der Waals surface area contributed by atoms with E-state index >= 15 is 0 Å². The smallest absolute Gasteiger partial charge is 0.323 e. The zero-order valence-electron chi connectivity index (χ0n) is 5.74. The third kappa shape index (κ3) is 3.71. The highest BCUT2D eigenvalue weighted by atomic mass is 32.2. The maximum absolute atomic E-state index is 10.7. The van der Waals surface area contributed by atoms with Crippen LogP contribution in [0.15, 0.2) is 0 Å². The van der Waals surface area contributed by atoms with Gasteiger partial charge in [0.25, 0.3) is 0 Å². The van der Waals surface area contributed by atoms with E-state index in [2.05, 4.69) is 4.74 Å². The van der Waals surface area contributed by atoms with Crippen molar-refractivity contribution in [2.24, 2.45) is 5.73 Å². The van der Waals surface area contributed by atoms with Gasteiger partial charge in [-0.15, -0.1) is 0 Å². The molecule has 1 unspecified atom stereocenters. The van der Waals surface area contributed by atoms with Gasteiger partial charge in [-0.2, -0.15) is 0 Å². The van der Waals surface area contributed by atoms with Gasteiger partial charge in [0.05, 0.1) is 6.61 Å². The Kier molecular flexibility index (Phi) is 5.38. The van der Waals surface area contributed by atoms with E-state index in [4.69, 9.17) is 10.3 Å². The normalized spacial score (nSPS) is 12.7. The van der Waals surface area contributed by atoms with Crippen LogP contribution in [0, 0.1) is 0 Å². The van der Waals surface area contributed by atoms with Crippen LogP contribution in [-0.2, 0) is 9.53 Å². The molecule has 1 atom stereocenters. The number of hydrogen-bond acceptors (Lipinski definition) is 5. The zero-order chi connectivity index (χ0) is 7.98. The molecule has 0 aromatic carbocycles. The van der Waals surface area contributed by atoms with Crippen LogP contribution in [-0.4, -0.2) is 28.9 Å². The van der Waals surface area contributed by atoms with Crippen LogP contribution in [0.3, 0.4) is 0 Å². The van der Waals surface area contributed by atoms with Gasteiger partial charge in [-0.25, -0.2) is 0 Å². The van der Waals surface area contributed by atoms with Gasteiger partial charge < -0.3 is 15.0 Å². The fraction of sp³-hybridized carbons (Fsp3) is 0.800. The molecule has 0 aliphatic rings. The molecular weight excluding hydrogens is 154 g/mol. The van der Waals surface area contributed by atoms with Crippen LogP contribution in [0.2, 0.25) is 0 Å². The Balaban J connectivity index is 3.49. The SMILES string of the molecule is CCOC(=O)C(N)CSO. The molecule has 4 nitrogen and oxygen atoms in total. The van der Waals surface area contributed by atoms with E-state index in [1.165, 1.54) is 0 Å². The number of nitrogens with two attached hydrogens (primary N) is 1.